The number of hydrogen-bond acceptors (Lipinski definition) is 4. The van der Waals surface area contributed by atoms with Gasteiger partial charge in [-0.15, -0.1) is 0 Å². The van der Waals surface area contributed by atoms with Crippen LogP contribution >= 0.6 is 0 Å². The number of carboxylic acid groups (broad SMARTS) is 1. The maximum Gasteiger partial charge on any atom is 0.317 e. The summed E-state index contributed by atoms with van der Waals surface area (Å²) in [6.45, 7) is 12.2. The Morgan fingerprint density at radius 1 is 1.25 bits per heavy atom. The summed E-state index contributed by atoms with van der Waals surface area (Å²) >= 11 is 0. The molecule has 6 heteroatoms. The van der Waals surface area contributed by atoms with Gasteiger partial charge in [0, 0.05) is 19.1 Å². The fourth-order valence-corrected chi connectivity index (χ4v) is 4.01. The molecule has 1 N–H and O–H groups in total. The molecule has 1 fully saturated rings. The number of amides is 1. The van der Waals surface area contributed by atoms with Crippen LogP contribution in [0.5, 0.6) is 5.75 Å². The van der Waals surface area contributed by atoms with Crippen molar-refractivity contribution in [3.05, 3.63) is 29.3 Å². The molecule has 1 amide bonds. The van der Waals surface area contributed by atoms with Crippen molar-refractivity contribution >= 4 is 11.9 Å². The second-order valence-corrected chi connectivity index (χ2v) is 7.95. The van der Waals surface area contributed by atoms with Crippen LogP contribution < -0.4 is 4.74 Å². The van der Waals surface area contributed by atoms with Gasteiger partial charge in [0.25, 0.3) is 5.91 Å². The molecule has 1 saturated heterocycles. The maximum absolute atomic E-state index is 12.8. The molecule has 1 aromatic rings. The largest absolute Gasteiger partial charge is 0.481 e. The van der Waals surface area contributed by atoms with Crippen LogP contribution in [0.3, 0.4) is 0 Å². The van der Waals surface area contributed by atoms with E-state index in [-0.39, 0.29) is 18.5 Å². The zero-order valence-corrected chi connectivity index (χ0v) is 17.8. The Morgan fingerprint density at radius 2 is 1.89 bits per heavy atom. The van der Waals surface area contributed by atoms with Gasteiger partial charge in [-0.2, -0.15) is 0 Å². The van der Waals surface area contributed by atoms with Gasteiger partial charge in [-0.25, -0.2) is 0 Å². The summed E-state index contributed by atoms with van der Waals surface area (Å²) in [5.41, 5.74) is 2.46. The smallest absolute Gasteiger partial charge is 0.317 e. The Labute approximate surface area is 168 Å². The number of carboxylic acids is 1. The average molecular weight is 391 g/mol. The number of carbonyl (C=O) groups is 2. The zero-order valence-electron chi connectivity index (χ0n) is 17.8. The molecule has 1 aliphatic heterocycles. The molecule has 2 rings (SSSR count). The molecule has 156 valence electrons. The molecule has 28 heavy (non-hydrogen) atoms. The van der Waals surface area contributed by atoms with Crippen molar-refractivity contribution in [2.24, 2.45) is 0 Å². The number of aliphatic carboxylic acids is 1. The molecule has 1 atom stereocenters. The second-order valence-electron chi connectivity index (χ2n) is 7.95. The summed E-state index contributed by atoms with van der Waals surface area (Å²) < 4.78 is 5.91. The van der Waals surface area contributed by atoms with Crippen molar-refractivity contribution in [3.8, 4) is 5.75 Å². The van der Waals surface area contributed by atoms with Crippen LogP contribution in [0, 0.1) is 6.92 Å². The fourth-order valence-electron chi connectivity index (χ4n) is 4.01. The standard InChI is InChI=1S/C22H34N2O4/c1-6-23(14-21(25)26)18-9-11-24(12-10-18)22(27)17(5)28-19-7-8-20(15(2)3)16(4)13-19/h7-8,13,15,17-18H,6,9-12,14H2,1-5H3,(H,25,26). The Kier molecular flexibility index (Phi) is 7.87. The van der Waals surface area contributed by atoms with Crippen molar-refractivity contribution in [2.45, 2.75) is 65.5 Å². The highest BCUT2D eigenvalue weighted by molar-refractivity contribution is 5.81. The van der Waals surface area contributed by atoms with Gasteiger partial charge in [0.05, 0.1) is 6.54 Å². The maximum atomic E-state index is 12.8. The van der Waals surface area contributed by atoms with Gasteiger partial charge >= 0.3 is 5.97 Å². The molecule has 1 unspecified atom stereocenters. The highest BCUT2D eigenvalue weighted by atomic mass is 16.5. The Morgan fingerprint density at radius 3 is 2.39 bits per heavy atom. The Bertz CT molecular complexity index is 681. The summed E-state index contributed by atoms with van der Waals surface area (Å²) in [7, 11) is 0. The number of hydrogen-bond donors (Lipinski definition) is 1. The number of piperidine rings is 1. The molecule has 0 aliphatic carbocycles. The lowest BCUT2D eigenvalue weighted by atomic mass is 9.98. The summed E-state index contributed by atoms with van der Waals surface area (Å²) in [6, 6.07) is 6.21. The van der Waals surface area contributed by atoms with Crippen LogP contribution in [0.15, 0.2) is 18.2 Å². The molecule has 0 bridgehead atoms. The number of rotatable bonds is 8. The molecule has 0 spiro atoms. The van der Waals surface area contributed by atoms with E-state index in [4.69, 9.17) is 9.84 Å². The lowest BCUT2D eigenvalue weighted by molar-refractivity contribution is -0.142. The molecular formula is C22H34N2O4. The summed E-state index contributed by atoms with van der Waals surface area (Å²) in [4.78, 5) is 27.6. The first kappa shape index (κ1) is 22.2. The van der Waals surface area contributed by atoms with Crippen molar-refractivity contribution in [1.82, 2.24) is 9.80 Å². The van der Waals surface area contributed by atoms with Crippen molar-refractivity contribution < 1.29 is 19.4 Å². The number of benzene rings is 1. The number of likely N-dealkylation sites (N-methyl/N-ethyl adjacent to an activating group) is 1. The van der Waals surface area contributed by atoms with Gasteiger partial charge in [0.15, 0.2) is 6.10 Å². The van der Waals surface area contributed by atoms with Gasteiger partial charge in [0.2, 0.25) is 0 Å². The predicted octanol–water partition coefficient (Wildman–Crippen LogP) is 3.28. The zero-order chi connectivity index (χ0) is 20.8. The number of ether oxygens (including phenoxy) is 1. The molecule has 6 nitrogen and oxygen atoms in total. The van der Waals surface area contributed by atoms with Gasteiger partial charge < -0.3 is 14.7 Å². The van der Waals surface area contributed by atoms with Gasteiger partial charge in [-0.3, -0.25) is 14.5 Å². The van der Waals surface area contributed by atoms with E-state index >= 15 is 0 Å². The third kappa shape index (κ3) is 5.71. The van der Waals surface area contributed by atoms with E-state index in [9.17, 15) is 9.59 Å². The van der Waals surface area contributed by atoms with Crippen LogP contribution in [0.4, 0.5) is 0 Å². The third-order valence-electron chi connectivity index (χ3n) is 5.56. The molecule has 1 aliphatic rings. The lowest BCUT2D eigenvalue weighted by Crippen LogP contribution is -2.50. The van der Waals surface area contributed by atoms with Crippen LogP contribution in [0.2, 0.25) is 0 Å². The number of nitrogens with zero attached hydrogens (tertiary/aromatic N) is 2. The van der Waals surface area contributed by atoms with Crippen molar-refractivity contribution in [2.75, 3.05) is 26.2 Å². The van der Waals surface area contributed by atoms with Crippen LogP contribution in [0.25, 0.3) is 0 Å². The van der Waals surface area contributed by atoms with E-state index in [2.05, 4.69) is 26.8 Å². The number of likely N-dealkylation sites (tertiary alicyclic amines) is 1. The molecular weight excluding hydrogens is 356 g/mol. The normalized spacial score (nSPS) is 16.5. The highest BCUT2D eigenvalue weighted by Crippen LogP contribution is 2.25. The average Bonchev–Trinajstić information content (AvgIpc) is 2.65. The van der Waals surface area contributed by atoms with E-state index in [1.165, 1.54) is 11.1 Å². The molecule has 1 heterocycles. The first-order valence-corrected chi connectivity index (χ1v) is 10.2. The summed E-state index contributed by atoms with van der Waals surface area (Å²) in [5, 5.41) is 9.04. The van der Waals surface area contributed by atoms with E-state index in [1.54, 1.807) is 6.92 Å². The topological polar surface area (TPSA) is 70.1 Å². The predicted molar refractivity (Wildman–Crippen MR) is 110 cm³/mol. The first-order valence-electron chi connectivity index (χ1n) is 10.2. The van der Waals surface area contributed by atoms with Gasteiger partial charge in [0.1, 0.15) is 5.75 Å². The Balaban J connectivity index is 1.90. The quantitative estimate of drug-likeness (QED) is 0.738. The van der Waals surface area contributed by atoms with Crippen molar-refractivity contribution in [1.29, 1.82) is 0 Å². The SMILES string of the molecule is CCN(CC(=O)O)C1CCN(C(=O)C(C)Oc2ccc(C(C)C)c(C)c2)CC1. The monoisotopic (exact) mass is 390 g/mol. The van der Waals surface area contributed by atoms with E-state index in [1.807, 2.05) is 28.9 Å². The van der Waals surface area contributed by atoms with Crippen LogP contribution in [-0.2, 0) is 9.59 Å². The van der Waals surface area contributed by atoms with Gasteiger partial charge in [-0.1, -0.05) is 26.8 Å². The van der Waals surface area contributed by atoms with Crippen LogP contribution in [0.1, 0.15) is 57.6 Å². The molecule has 0 radical (unpaired) electrons. The minimum atomic E-state index is -0.804. The molecule has 0 aromatic heterocycles. The van der Waals surface area contributed by atoms with Crippen LogP contribution in [-0.4, -0.2) is 65.1 Å². The number of aryl methyl sites for hydroxylation is 1. The summed E-state index contributed by atoms with van der Waals surface area (Å²) in [5.74, 6) is 0.362. The van der Waals surface area contributed by atoms with E-state index in [0.717, 1.165) is 18.6 Å². The second kappa shape index (κ2) is 9.92. The minimum absolute atomic E-state index is 0.00896. The van der Waals surface area contributed by atoms with Crippen molar-refractivity contribution in [3.63, 3.8) is 0 Å². The molecule has 0 saturated carbocycles. The third-order valence-corrected chi connectivity index (χ3v) is 5.56. The van der Waals surface area contributed by atoms with E-state index in [0.29, 0.717) is 25.6 Å². The molecule has 1 aromatic carbocycles. The Hall–Kier alpha value is -2.08. The lowest BCUT2D eigenvalue weighted by Gasteiger charge is -2.38. The summed E-state index contributed by atoms with van der Waals surface area (Å²) in [6.07, 6.45) is 1.05. The number of carbonyl (C=O) groups excluding carboxylic acids is 1. The fraction of sp³-hybridized carbons (Fsp3) is 0.636. The van der Waals surface area contributed by atoms with Gasteiger partial charge in [-0.05, 0) is 62.4 Å². The highest BCUT2D eigenvalue weighted by Gasteiger charge is 2.29. The first-order chi connectivity index (χ1) is 13.2. The minimum Gasteiger partial charge on any atom is -0.481 e. The van der Waals surface area contributed by atoms with E-state index < -0.39 is 12.1 Å².